The Hall–Kier alpha value is 0.310. The molecule has 1 aliphatic heterocycles. The van der Waals surface area contributed by atoms with Crippen molar-refractivity contribution in [3.8, 4) is 0 Å². The second-order valence-electron chi connectivity index (χ2n) is 5.46. The fraction of sp³-hybridized carbons (Fsp3) is 1.00. The number of likely N-dealkylation sites (tertiary alicyclic amines) is 1. The van der Waals surface area contributed by atoms with Gasteiger partial charge in [0, 0.05) is 13.1 Å². The maximum absolute atomic E-state index is 4.41. The van der Waals surface area contributed by atoms with Crippen LogP contribution in [-0.2, 0) is 0 Å². The third-order valence-corrected chi connectivity index (χ3v) is 3.85. The molecule has 1 atom stereocenters. The molecule has 1 unspecified atom stereocenters. The summed E-state index contributed by atoms with van der Waals surface area (Å²) >= 11 is 4.41. The molecule has 84 valence electrons. The highest BCUT2D eigenvalue weighted by molar-refractivity contribution is 7.80. The van der Waals surface area contributed by atoms with Crippen molar-refractivity contribution in [3.63, 3.8) is 0 Å². The second-order valence-corrected chi connectivity index (χ2v) is 5.82. The Morgan fingerprint density at radius 3 is 2.64 bits per heavy atom. The van der Waals surface area contributed by atoms with Gasteiger partial charge >= 0.3 is 0 Å². The summed E-state index contributed by atoms with van der Waals surface area (Å²) < 4.78 is 0. The molecule has 1 fully saturated rings. The SMILES string of the molecule is CCC(CS)CN1CCCC(C)(C)C1. The number of hydrogen-bond donors (Lipinski definition) is 1. The van der Waals surface area contributed by atoms with E-state index in [9.17, 15) is 0 Å². The van der Waals surface area contributed by atoms with Gasteiger partial charge < -0.3 is 4.90 Å². The van der Waals surface area contributed by atoms with Crippen molar-refractivity contribution in [2.24, 2.45) is 11.3 Å². The number of piperidine rings is 1. The van der Waals surface area contributed by atoms with Gasteiger partial charge in [-0.25, -0.2) is 0 Å². The Balaban J connectivity index is 2.37. The molecule has 1 nitrogen and oxygen atoms in total. The van der Waals surface area contributed by atoms with Crippen LogP contribution in [0.2, 0.25) is 0 Å². The van der Waals surface area contributed by atoms with Crippen LogP contribution in [0.3, 0.4) is 0 Å². The highest BCUT2D eigenvalue weighted by atomic mass is 32.1. The van der Waals surface area contributed by atoms with E-state index in [0.29, 0.717) is 5.41 Å². The average Bonchev–Trinajstić information content (AvgIpc) is 2.12. The van der Waals surface area contributed by atoms with Crippen molar-refractivity contribution < 1.29 is 0 Å². The lowest BCUT2D eigenvalue weighted by atomic mass is 9.84. The monoisotopic (exact) mass is 215 g/mol. The van der Waals surface area contributed by atoms with E-state index < -0.39 is 0 Å². The minimum atomic E-state index is 0.535. The third-order valence-electron chi connectivity index (χ3n) is 3.33. The van der Waals surface area contributed by atoms with Gasteiger partial charge in [-0.05, 0) is 36.5 Å². The first kappa shape index (κ1) is 12.4. The summed E-state index contributed by atoms with van der Waals surface area (Å²) in [5.74, 6) is 1.82. The first-order chi connectivity index (χ1) is 6.57. The highest BCUT2D eigenvalue weighted by Crippen LogP contribution is 2.28. The average molecular weight is 215 g/mol. The van der Waals surface area contributed by atoms with Crippen LogP contribution in [0.1, 0.15) is 40.0 Å². The summed E-state index contributed by atoms with van der Waals surface area (Å²) in [6.45, 7) is 10.9. The van der Waals surface area contributed by atoms with Gasteiger partial charge in [-0.15, -0.1) is 0 Å². The molecule has 0 aromatic carbocycles. The predicted molar refractivity (Wildman–Crippen MR) is 67.1 cm³/mol. The molecule has 0 aliphatic carbocycles. The molecule has 0 radical (unpaired) electrons. The van der Waals surface area contributed by atoms with Crippen LogP contribution in [0, 0.1) is 11.3 Å². The molecule has 0 aromatic rings. The van der Waals surface area contributed by atoms with Crippen molar-refractivity contribution in [1.29, 1.82) is 0 Å². The van der Waals surface area contributed by atoms with E-state index >= 15 is 0 Å². The van der Waals surface area contributed by atoms with Crippen molar-refractivity contribution in [2.45, 2.75) is 40.0 Å². The molecule has 1 saturated heterocycles. The van der Waals surface area contributed by atoms with Crippen LogP contribution in [0.5, 0.6) is 0 Å². The van der Waals surface area contributed by atoms with Crippen molar-refractivity contribution in [1.82, 2.24) is 4.90 Å². The molecule has 1 heterocycles. The Labute approximate surface area is 94.7 Å². The first-order valence-electron chi connectivity index (χ1n) is 5.90. The van der Waals surface area contributed by atoms with Crippen molar-refractivity contribution in [2.75, 3.05) is 25.4 Å². The number of nitrogens with zero attached hydrogens (tertiary/aromatic N) is 1. The van der Waals surface area contributed by atoms with Crippen molar-refractivity contribution >= 4 is 12.6 Å². The Morgan fingerprint density at radius 2 is 2.14 bits per heavy atom. The van der Waals surface area contributed by atoms with Gasteiger partial charge in [0.25, 0.3) is 0 Å². The smallest absolute Gasteiger partial charge is 0.00328 e. The van der Waals surface area contributed by atoms with Crippen LogP contribution in [0.15, 0.2) is 0 Å². The lowest BCUT2D eigenvalue weighted by Crippen LogP contribution is -2.42. The van der Waals surface area contributed by atoms with Gasteiger partial charge in [0.15, 0.2) is 0 Å². The summed E-state index contributed by atoms with van der Waals surface area (Å²) in [5.41, 5.74) is 0.535. The second kappa shape index (κ2) is 5.41. The molecule has 0 bridgehead atoms. The maximum Gasteiger partial charge on any atom is 0.00328 e. The van der Waals surface area contributed by atoms with Gasteiger partial charge in [-0.3, -0.25) is 0 Å². The summed E-state index contributed by atoms with van der Waals surface area (Å²) in [4.78, 5) is 2.63. The van der Waals surface area contributed by atoms with Crippen LogP contribution in [0.4, 0.5) is 0 Å². The fourth-order valence-corrected chi connectivity index (χ4v) is 2.76. The summed E-state index contributed by atoms with van der Waals surface area (Å²) in [6, 6.07) is 0. The summed E-state index contributed by atoms with van der Waals surface area (Å²) in [7, 11) is 0. The van der Waals surface area contributed by atoms with Gasteiger partial charge in [-0.2, -0.15) is 12.6 Å². The number of hydrogen-bond acceptors (Lipinski definition) is 2. The highest BCUT2D eigenvalue weighted by Gasteiger charge is 2.26. The molecule has 1 aliphatic rings. The predicted octanol–water partition coefficient (Wildman–Crippen LogP) is 3.06. The van der Waals surface area contributed by atoms with Crippen LogP contribution in [-0.4, -0.2) is 30.3 Å². The zero-order valence-corrected chi connectivity index (χ0v) is 10.8. The molecular weight excluding hydrogens is 190 g/mol. The molecule has 0 saturated carbocycles. The first-order valence-corrected chi connectivity index (χ1v) is 6.54. The maximum atomic E-state index is 4.41. The van der Waals surface area contributed by atoms with Crippen LogP contribution in [0.25, 0.3) is 0 Å². The molecule has 0 aromatic heterocycles. The molecule has 1 rings (SSSR count). The van der Waals surface area contributed by atoms with E-state index in [4.69, 9.17) is 0 Å². The van der Waals surface area contributed by atoms with E-state index in [0.717, 1.165) is 11.7 Å². The minimum absolute atomic E-state index is 0.535. The minimum Gasteiger partial charge on any atom is -0.303 e. The van der Waals surface area contributed by atoms with Crippen molar-refractivity contribution in [3.05, 3.63) is 0 Å². The molecule has 14 heavy (non-hydrogen) atoms. The van der Waals surface area contributed by atoms with E-state index in [1.807, 2.05) is 0 Å². The van der Waals surface area contributed by atoms with E-state index in [1.165, 1.54) is 38.9 Å². The van der Waals surface area contributed by atoms with Gasteiger partial charge in [0.1, 0.15) is 0 Å². The lowest BCUT2D eigenvalue weighted by molar-refractivity contribution is 0.104. The zero-order valence-electron chi connectivity index (χ0n) is 9.92. The molecule has 0 spiro atoms. The zero-order chi connectivity index (χ0) is 10.6. The quantitative estimate of drug-likeness (QED) is 0.705. The number of thiol groups is 1. The molecule has 0 N–H and O–H groups in total. The normalized spacial score (nSPS) is 24.9. The number of rotatable bonds is 4. The topological polar surface area (TPSA) is 3.24 Å². The summed E-state index contributed by atoms with van der Waals surface area (Å²) in [6.07, 6.45) is 4.03. The fourth-order valence-electron chi connectivity index (χ4n) is 2.38. The largest absolute Gasteiger partial charge is 0.303 e. The Kier molecular flexibility index (Phi) is 4.78. The van der Waals surface area contributed by atoms with E-state index in [2.05, 4.69) is 38.3 Å². The lowest BCUT2D eigenvalue weighted by Gasteiger charge is -2.39. The Bertz CT molecular complexity index is 164. The molecular formula is C12H25NS. The van der Waals surface area contributed by atoms with Gasteiger partial charge in [0.05, 0.1) is 0 Å². The Morgan fingerprint density at radius 1 is 1.43 bits per heavy atom. The van der Waals surface area contributed by atoms with Gasteiger partial charge in [-0.1, -0.05) is 27.2 Å². The van der Waals surface area contributed by atoms with E-state index in [-0.39, 0.29) is 0 Å². The summed E-state index contributed by atoms with van der Waals surface area (Å²) in [5, 5.41) is 0. The molecule has 2 heteroatoms. The van der Waals surface area contributed by atoms with Crippen LogP contribution >= 0.6 is 12.6 Å². The van der Waals surface area contributed by atoms with Gasteiger partial charge in [0.2, 0.25) is 0 Å². The molecule has 0 amide bonds. The van der Waals surface area contributed by atoms with Crippen LogP contribution < -0.4 is 0 Å². The third kappa shape index (κ3) is 3.82. The standard InChI is InChI=1S/C12H25NS/c1-4-11(9-14)8-13-7-5-6-12(2,3)10-13/h11,14H,4-10H2,1-3H3. The van der Waals surface area contributed by atoms with E-state index in [1.54, 1.807) is 0 Å².